The largest absolute Gasteiger partial charge is 0.461 e. The van der Waals surface area contributed by atoms with Gasteiger partial charge in [-0.15, -0.1) is 0 Å². The van der Waals surface area contributed by atoms with Crippen LogP contribution in [0.3, 0.4) is 0 Å². The highest BCUT2D eigenvalue weighted by Crippen LogP contribution is 2.26. The van der Waals surface area contributed by atoms with Gasteiger partial charge in [-0.25, -0.2) is 38.4 Å². The summed E-state index contributed by atoms with van der Waals surface area (Å²) in [6.45, 7) is 7.17. The topological polar surface area (TPSA) is 192 Å². The van der Waals surface area contributed by atoms with Crippen LogP contribution in [0.2, 0.25) is 0 Å². The summed E-state index contributed by atoms with van der Waals surface area (Å²) in [6, 6.07) is 7.04. The Morgan fingerprint density at radius 2 is 0.911 bits per heavy atom. The summed E-state index contributed by atoms with van der Waals surface area (Å²) in [7, 11) is 0. The molecule has 14 nitrogen and oxygen atoms in total. The van der Waals surface area contributed by atoms with Crippen molar-refractivity contribution in [3.05, 3.63) is 94.1 Å². The molecule has 0 spiro atoms. The van der Waals surface area contributed by atoms with Gasteiger partial charge in [-0.3, -0.25) is 0 Å². The molecule has 2 heterocycles. The van der Waals surface area contributed by atoms with Gasteiger partial charge in [0, 0.05) is 11.1 Å². The van der Waals surface area contributed by atoms with Crippen LogP contribution < -0.4 is 0 Å². The van der Waals surface area contributed by atoms with Gasteiger partial charge in [0.25, 0.3) is 0 Å². The number of ether oxygens (including phenoxy) is 6. The van der Waals surface area contributed by atoms with E-state index in [9.17, 15) is 38.4 Å². The maximum atomic E-state index is 13.0. The third-order valence-corrected chi connectivity index (χ3v) is 6.50. The van der Waals surface area contributed by atoms with E-state index >= 15 is 0 Å². The first kappa shape index (κ1) is 32.0. The van der Waals surface area contributed by atoms with Crippen LogP contribution in [0.4, 0.5) is 0 Å². The number of esters is 8. The zero-order valence-electron chi connectivity index (χ0n) is 23.9. The van der Waals surface area contributed by atoms with Gasteiger partial charge in [0.15, 0.2) is 0 Å². The number of fused-ring (bicyclic) bond motifs is 2. The number of cyclic esters (lactones) is 4. The lowest BCUT2D eigenvalue weighted by Gasteiger charge is -2.31. The fourth-order valence-electron chi connectivity index (χ4n) is 3.96. The van der Waals surface area contributed by atoms with E-state index in [4.69, 9.17) is 18.9 Å². The molecule has 0 bridgehead atoms. The Bertz CT molecular complexity index is 1590. The zero-order chi connectivity index (χ0) is 33.1. The lowest BCUT2D eigenvalue weighted by Crippen LogP contribution is -2.44. The Balaban J connectivity index is 1.60. The van der Waals surface area contributed by atoms with Gasteiger partial charge in [0.05, 0.1) is 33.4 Å². The molecule has 45 heavy (non-hydrogen) atoms. The van der Waals surface area contributed by atoms with Gasteiger partial charge in [0.1, 0.15) is 31.8 Å². The summed E-state index contributed by atoms with van der Waals surface area (Å²) in [5.74, 6) is -7.36. The molecular formula is C31H24O14. The van der Waals surface area contributed by atoms with Gasteiger partial charge in [-0.05, 0) is 50.2 Å². The minimum Gasteiger partial charge on any atom is -0.461 e. The molecule has 14 heteroatoms. The smallest absolute Gasteiger partial charge is 0.346 e. The van der Waals surface area contributed by atoms with Crippen molar-refractivity contribution in [1.29, 1.82) is 0 Å². The van der Waals surface area contributed by atoms with Gasteiger partial charge >= 0.3 is 47.8 Å². The summed E-state index contributed by atoms with van der Waals surface area (Å²) in [6.07, 6.45) is 0. The zero-order valence-corrected chi connectivity index (χ0v) is 23.9. The van der Waals surface area contributed by atoms with Gasteiger partial charge < -0.3 is 28.4 Å². The second-order valence-electron chi connectivity index (χ2n) is 10.2. The predicted molar refractivity (Wildman–Crippen MR) is 147 cm³/mol. The maximum absolute atomic E-state index is 13.0. The third-order valence-electron chi connectivity index (χ3n) is 6.50. The number of benzene rings is 2. The third kappa shape index (κ3) is 7.01. The first-order chi connectivity index (χ1) is 21.2. The molecule has 0 aromatic heterocycles. The van der Waals surface area contributed by atoms with Crippen LogP contribution in [0.25, 0.3) is 0 Å². The average Bonchev–Trinajstić information content (AvgIpc) is 3.47. The molecule has 4 rings (SSSR count). The number of carbonyl (C=O) groups excluding carboxylic acids is 8. The van der Waals surface area contributed by atoms with Gasteiger partial charge in [0.2, 0.25) is 0 Å². The molecule has 2 aromatic carbocycles. The van der Waals surface area contributed by atoms with Crippen LogP contribution in [0, 0.1) is 5.41 Å². The Hall–Kier alpha value is -5.92. The molecular weight excluding hydrogens is 596 g/mol. The predicted octanol–water partition coefficient (Wildman–Crippen LogP) is 2.55. The maximum Gasteiger partial charge on any atom is 0.346 e. The molecule has 0 aliphatic carbocycles. The molecule has 0 atom stereocenters. The standard InChI is InChI=1S/C31H24O14/c1-15(2)23(32)40-11-31(12-41-24(33)16(3)4,13-42-25(34)17-5-7-19-21(9-17)29(38)44-27(19)36)14-43-26(35)18-6-8-20-22(10-18)30(39)45-28(20)37/h5-10H,1,3,11-14H2,2,4H3. The molecule has 0 N–H and O–H groups in total. The van der Waals surface area contributed by atoms with Gasteiger partial charge in [-0.1, -0.05) is 13.2 Å². The molecule has 0 saturated heterocycles. The monoisotopic (exact) mass is 620 g/mol. The Labute approximate surface area is 254 Å². The Morgan fingerprint density at radius 1 is 0.578 bits per heavy atom. The van der Waals surface area contributed by atoms with E-state index in [1.165, 1.54) is 38.1 Å². The van der Waals surface area contributed by atoms with E-state index in [2.05, 4.69) is 22.6 Å². The lowest BCUT2D eigenvalue weighted by molar-refractivity contribution is -0.154. The lowest BCUT2D eigenvalue weighted by atomic mass is 9.92. The number of rotatable bonds is 12. The van der Waals surface area contributed by atoms with E-state index in [1.807, 2.05) is 0 Å². The van der Waals surface area contributed by atoms with Crippen molar-refractivity contribution in [2.45, 2.75) is 13.8 Å². The van der Waals surface area contributed by atoms with E-state index in [0.717, 1.165) is 12.1 Å². The SMILES string of the molecule is C=C(C)C(=O)OCC(COC(=O)C(=C)C)(COC(=O)c1ccc2c(c1)C(=O)OC2=O)COC(=O)c1ccc2c(c1)C(=O)OC2=O. The minimum absolute atomic E-state index is 0.0102. The van der Waals surface area contributed by atoms with Crippen LogP contribution in [0.1, 0.15) is 76.0 Å². The van der Waals surface area contributed by atoms with Crippen LogP contribution in [-0.4, -0.2) is 74.2 Å². The van der Waals surface area contributed by atoms with E-state index in [0.29, 0.717) is 0 Å². The summed E-state index contributed by atoms with van der Waals surface area (Å²) < 4.78 is 30.5. The Morgan fingerprint density at radius 3 is 1.27 bits per heavy atom. The molecule has 0 amide bonds. The average molecular weight is 621 g/mol. The van der Waals surface area contributed by atoms with Crippen molar-refractivity contribution >= 4 is 47.8 Å². The number of carbonyl (C=O) groups is 8. The van der Waals surface area contributed by atoms with E-state index < -0.39 is 79.6 Å². The molecule has 2 aromatic rings. The molecule has 0 saturated carbocycles. The molecule has 232 valence electrons. The Kier molecular flexibility index (Phi) is 9.07. The van der Waals surface area contributed by atoms with Crippen LogP contribution in [-0.2, 0) is 38.0 Å². The summed E-state index contributed by atoms with van der Waals surface area (Å²) in [4.78, 5) is 98.0. The van der Waals surface area contributed by atoms with Crippen molar-refractivity contribution in [3.63, 3.8) is 0 Å². The second kappa shape index (κ2) is 12.8. The fourth-order valence-corrected chi connectivity index (χ4v) is 3.96. The van der Waals surface area contributed by atoms with E-state index in [-0.39, 0.29) is 44.5 Å². The fraction of sp³-hybridized carbons (Fsp3) is 0.226. The number of hydrogen-bond donors (Lipinski definition) is 0. The number of hydrogen-bond acceptors (Lipinski definition) is 14. The molecule has 0 unspecified atom stereocenters. The van der Waals surface area contributed by atoms with Crippen LogP contribution in [0.5, 0.6) is 0 Å². The second-order valence-corrected chi connectivity index (χ2v) is 10.2. The quantitative estimate of drug-likeness (QED) is 0.145. The summed E-state index contributed by atoms with van der Waals surface area (Å²) in [5.41, 5.74) is -2.38. The van der Waals surface area contributed by atoms with Crippen molar-refractivity contribution < 1.29 is 66.8 Å². The minimum atomic E-state index is -1.71. The molecule has 0 radical (unpaired) electrons. The summed E-state index contributed by atoms with van der Waals surface area (Å²) in [5, 5.41) is 0. The van der Waals surface area contributed by atoms with Crippen LogP contribution in [0.15, 0.2) is 60.7 Å². The molecule has 2 aliphatic rings. The highest BCUT2D eigenvalue weighted by atomic mass is 16.6. The van der Waals surface area contributed by atoms with E-state index in [1.54, 1.807) is 0 Å². The van der Waals surface area contributed by atoms with Crippen molar-refractivity contribution in [3.8, 4) is 0 Å². The van der Waals surface area contributed by atoms with Crippen LogP contribution >= 0.6 is 0 Å². The first-order valence-corrected chi connectivity index (χ1v) is 13.0. The summed E-state index contributed by atoms with van der Waals surface area (Å²) >= 11 is 0. The molecule has 2 aliphatic heterocycles. The van der Waals surface area contributed by atoms with Gasteiger partial charge in [-0.2, -0.15) is 0 Å². The van der Waals surface area contributed by atoms with Crippen molar-refractivity contribution in [2.75, 3.05) is 26.4 Å². The van der Waals surface area contributed by atoms with Crippen molar-refractivity contribution in [2.24, 2.45) is 5.41 Å². The first-order valence-electron chi connectivity index (χ1n) is 13.0. The van der Waals surface area contributed by atoms with Crippen molar-refractivity contribution in [1.82, 2.24) is 0 Å². The molecule has 0 fully saturated rings. The highest BCUT2D eigenvalue weighted by molar-refractivity contribution is 6.16. The highest BCUT2D eigenvalue weighted by Gasteiger charge is 2.39. The normalized spacial score (nSPS) is 13.2.